The molecule has 0 aromatic carbocycles. The number of nitrogens with one attached hydrogen (secondary N) is 2. The van der Waals surface area contributed by atoms with Crippen molar-refractivity contribution in [2.24, 2.45) is 0 Å². The van der Waals surface area contributed by atoms with Crippen LogP contribution in [0.15, 0.2) is 30.6 Å². The number of hydrogen-bond acceptors (Lipinski definition) is 3. The van der Waals surface area contributed by atoms with Crippen LogP contribution in [0.2, 0.25) is 0 Å². The summed E-state index contributed by atoms with van der Waals surface area (Å²) in [5.41, 5.74) is 1.86. The molecule has 3 N–H and O–H groups in total. The number of fused-ring (bicyclic) bond motifs is 1. The van der Waals surface area contributed by atoms with Crippen molar-refractivity contribution in [3.8, 4) is 0 Å². The minimum atomic E-state index is -0.419. The molecule has 2 unspecified atom stereocenters. The number of amides is 2. The summed E-state index contributed by atoms with van der Waals surface area (Å²) in [4.78, 5) is 16.3. The van der Waals surface area contributed by atoms with Crippen molar-refractivity contribution in [3.05, 3.63) is 36.3 Å². The monoisotopic (exact) mass is 302 g/mol. The standard InChI is InChI=1S/C16H22N4O2/c21-14-6-2-1-5-13(14)19-16(22)17-9-8-12-11-20-10-4-3-7-15(20)18-12/h3-4,7,10-11,13-14,21H,1-2,5-6,8-9H2,(H2,17,19,22). The topological polar surface area (TPSA) is 78.7 Å². The fourth-order valence-corrected chi connectivity index (χ4v) is 2.91. The number of urea groups is 1. The van der Waals surface area contributed by atoms with Crippen molar-refractivity contribution in [2.75, 3.05) is 6.54 Å². The number of rotatable bonds is 4. The van der Waals surface area contributed by atoms with E-state index in [1.165, 1.54) is 0 Å². The Bertz CT molecular complexity index is 607. The molecule has 0 radical (unpaired) electrons. The van der Waals surface area contributed by atoms with Crippen molar-refractivity contribution in [1.29, 1.82) is 0 Å². The first kappa shape index (κ1) is 14.8. The van der Waals surface area contributed by atoms with E-state index in [1.807, 2.05) is 35.0 Å². The van der Waals surface area contributed by atoms with Crippen LogP contribution in [0.25, 0.3) is 5.65 Å². The van der Waals surface area contributed by atoms with Gasteiger partial charge in [-0.1, -0.05) is 18.9 Å². The molecule has 22 heavy (non-hydrogen) atoms. The predicted molar refractivity (Wildman–Crippen MR) is 83.7 cm³/mol. The van der Waals surface area contributed by atoms with E-state index in [4.69, 9.17) is 0 Å². The number of carbonyl (C=O) groups is 1. The molecule has 0 spiro atoms. The van der Waals surface area contributed by atoms with Crippen LogP contribution in [0, 0.1) is 0 Å². The highest BCUT2D eigenvalue weighted by molar-refractivity contribution is 5.74. The number of hydrogen-bond donors (Lipinski definition) is 3. The summed E-state index contributed by atoms with van der Waals surface area (Å²) >= 11 is 0. The van der Waals surface area contributed by atoms with Gasteiger partial charge in [0.25, 0.3) is 0 Å². The molecule has 2 amide bonds. The summed E-state index contributed by atoms with van der Waals surface area (Å²) in [6.07, 6.45) is 7.90. The predicted octanol–water partition coefficient (Wildman–Crippen LogP) is 1.48. The van der Waals surface area contributed by atoms with E-state index in [0.717, 1.165) is 37.0 Å². The average Bonchev–Trinajstić information content (AvgIpc) is 2.92. The molecule has 2 heterocycles. The summed E-state index contributed by atoms with van der Waals surface area (Å²) in [5, 5.41) is 15.5. The normalized spacial score (nSPS) is 21.7. The molecule has 1 aliphatic carbocycles. The Morgan fingerprint density at radius 3 is 3.05 bits per heavy atom. The molecule has 0 bridgehead atoms. The highest BCUT2D eigenvalue weighted by Crippen LogP contribution is 2.18. The van der Waals surface area contributed by atoms with Gasteiger partial charge in [-0.05, 0) is 25.0 Å². The van der Waals surface area contributed by atoms with E-state index in [-0.39, 0.29) is 12.1 Å². The molecular formula is C16H22N4O2. The van der Waals surface area contributed by atoms with Gasteiger partial charge in [-0.15, -0.1) is 0 Å². The van der Waals surface area contributed by atoms with Crippen LogP contribution in [0.3, 0.4) is 0 Å². The van der Waals surface area contributed by atoms with Gasteiger partial charge in [0.1, 0.15) is 5.65 Å². The van der Waals surface area contributed by atoms with Crippen LogP contribution in [0.4, 0.5) is 4.79 Å². The summed E-state index contributed by atoms with van der Waals surface area (Å²) in [6.45, 7) is 0.526. The lowest BCUT2D eigenvalue weighted by molar-refractivity contribution is 0.0943. The maximum Gasteiger partial charge on any atom is 0.315 e. The Labute approximate surface area is 129 Å². The van der Waals surface area contributed by atoms with E-state index in [9.17, 15) is 9.90 Å². The molecule has 1 aliphatic rings. The third-order valence-electron chi connectivity index (χ3n) is 4.13. The fraction of sp³-hybridized carbons (Fsp3) is 0.500. The van der Waals surface area contributed by atoms with E-state index in [0.29, 0.717) is 13.0 Å². The van der Waals surface area contributed by atoms with Gasteiger partial charge in [0.15, 0.2) is 0 Å². The van der Waals surface area contributed by atoms with Crippen LogP contribution >= 0.6 is 0 Å². The Morgan fingerprint density at radius 2 is 2.23 bits per heavy atom. The molecule has 6 heteroatoms. The van der Waals surface area contributed by atoms with Gasteiger partial charge in [-0.25, -0.2) is 9.78 Å². The van der Waals surface area contributed by atoms with Crippen LogP contribution in [-0.2, 0) is 6.42 Å². The van der Waals surface area contributed by atoms with Crippen molar-refractivity contribution in [3.63, 3.8) is 0 Å². The lowest BCUT2D eigenvalue weighted by Crippen LogP contribution is -2.49. The zero-order chi connectivity index (χ0) is 15.4. The number of carbonyl (C=O) groups excluding carboxylic acids is 1. The Hall–Kier alpha value is -2.08. The minimum Gasteiger partial charge on any atom is -0.391 e. The molecule has 0 saturated heterocycles. The molecule has 118 valence electrons. The van der Waals surface area contributed by atoms with Crippen LogP contribution in [0.1, 0.15) is 31.4 Å². The van der Waals surface area contributed by atoms with E-state index in [2.05, 4.69) is 15.6 Å². The quantitative estimate of drug-likeness (QED) is 0.800. The van der Waals surface area contributed by atoms with E-state index >= 15 is 0 Å². The van der Waals surface area contributed by atoms with Crippen LogP contribution in [0.5, 0.6) is 0 Å². The third kappa shape index (κ3) is 3.57. The van der Waals surface area contributed by atoms with Crippen LogP contribution < -0.4 is 10.6 Å². The maximum absolute atomic E-state index is 11.9. The number of nitrogens with zero attached hydrogens (tertiary/aromatic N) is 2. The molecule has 2 atom stereocenters. The number of aliphatic hydroxyl groups excluding tert-OH is 1. The Kier molecular flexibility index (Phi) is 4.58. The van der Waals surface area contributed by atoms with Gasteiger partial charge in [0, 0.05) is 25.4 Å². The largest absolute Gasteiger partial charge is 0.391 e. The number of imidazole rings is 1. The lowest BCUT2D eigenvalue weighted by atomic mass is 9.93. The van der Waals surface area contributed by atoms with Gasteiger partial charge in [0.2, 0.25) is 0 Å². The first-order valence-electron chi connectivity index (χ1n) is 7.87. The zero-order valence-corrected chi connectivity index (χ0v) is 12.5. The average molecular weight is 302 g/mol. The molecule has 6 nitrogen and oxygen atoms in total. The van der Waals surface area contributed by atoms with Crippen molar-refractivity contribution < 1.29 is 9.90 Å². The van der Waals surface area contributed by atoms with E-state index < -0.39 is 6.10 Å². The van der Waals surface area contributed by atoms with Crippen molar-refractivity contribution in [2.45, 2.75) is 44.2 Å². The van der Waals surface area contributed by atoms with E-state index in [1.54, 1.807) is 0 Å². The molecule has 0 aliphatic heterocycles. The second-order valence-corrected chi connectivity index (χ2v) is 5.81. The van der Waals surface area contributed by atoms with Crippen molar-refractivity contribution >= 4 is 11.7 Å². The molecular weight excluding hydrogens is 280 g/mol. The number of pyridine rings is 1. The van der Waals surface area contributed by atoms with Crippen LogP contribution in [-0.4, -0.2) is 39.2 Å². The smallest absolute Gasteiger partial charge is 0.315 e. The number of aliphatic hydroxyl groups is 1. The molecule has 3 rings (SSSR count). The minimum absolute atomic E-state index is 0.121. The molecule has 1 saturated carbocycles. The Morgan fingerprint density at radius 1 is 1.36 bits per heavy atom. The van der Waals surface area contributed by atoms with Gasteiger partial charge in [-0.2, -0.15) is 0 Å². The summed E-state index contributed by atoms with van der Waals surface area (Å²) in [6, 6.07) is 5.53. The molecule has 2 aromatic heterocycles. The fourth-order valence-electron chi connectivity index (χ4n) is 2.91. The van der Waals surface area contributed by atoms with Gasteiger partial charge in [0.05, 0.1) is 17.8 Å². The first-order valence-corrected chi connectivity index (χ1v) is 7.87. The van der Waals surface area contributed by atoms with Gasteiger partial charge >= 0.3 is 6.03 Å². The van der Waals surface area contributed by atoms with Gasteiger partial charge in [-0.3, -0.25) is 0 Å². The van der Waals surface area contributed by atoms with Crippen molar-refractivity contribution in [1.82, 2.24) is 20.0 Å². The molecule has 1 fully saturated rings. The molecule has 2 aromatic rings. The number of aromatic nitrogens is 2. The van der Waals surface area contributed by atoms with Gasteiger partial charge < -0.3 is 20.1 Å². The highest BCUT2D eigenvalue weighted by atomic mass is 16.3. The lowest BCUT2D eigenvalue weighted by Gasteiger charge is -2.28. The summed E-state index contributed by atoms with van der Waals surface area (Å²) in [7, 11) is 0. The first-order chi connectivity index (χ1) is 10.7. The second kappa shape index (κ2) is 6.79. The second-order valence-electron chi connectivity index (χ2n) is 5.81. The SMILES string of the molecule is O=C(NCCc1cn2ccccc2n1)NC1CCCCC1O. The summed E-state index contributed by atoms with van der Waals surface area (Å²) < 4.78 is 1.97. The third-order valence-corrected chi connectivity index (χ3v) is 4.13. The highest BCUT2D eigenvalue weighted by Gasteiger charge is 2.24. The Balaban J connectivity index is 1.45. The zero-order valence-electron chi connectivity index (χ0n) is 12.5. The summed E-state index contributed by atoms with van der Waals surface area (Å²) in [5.74, 6) is 0. The maximum atomic E-state index is 11.9.